The highest BCUT2D eigenvalue weighted by Gasteiger charge is 2.46. The van der Waals surface area contributed by atoms with Gasteiger partial charge in [-0.1, -0.05) is 36.4 Å². The van der Waals surface area contributed by atoms with E-state index in [4.69, 9.17) is 10.5 Å². The number of carbonyl (C=O) groups is 2. The third kappa shape index (κ3) is 4.59. The number of nitrogens with zero attached hydrogens (tertiary/aromatic N) is 2. The van der Waals surface area contributed by atoms with Crippen molar-refractivity contribution in [2.24, 2.45) is 11.7 Å². The molecule has 164 valence electrons. The van der Waals surface area contributed by atoms with Gasteiger partial charge in [-0.25, -0.2) is 0 Å². The lowest BCUT2D eigenvalue weighted by molar-refractivity contribution is -0.130. The number of benzene rings is 2. The van der Waals surface area contributed by atoms with Crippen molar-refractivity contribution in [3.05, 3.63) is 65.7 Å². The van der Waals surface area contributed by atoms with Crippen LogP contribution in [-0.4, -0.2) is 60.4 Å². The minimum atomic E-state index is 0.0239. The number of likely N-dealkylation sites (tertiary alicyclic amines) is 2. The monoisotopic (exact) mass is 421 g/mol. The molecular formula is C25H31N3O3. The normalized spacial score (nSPS) is 22.8. The van der Waals surface area contributed by atoms with Gasteiger partial charge in [-0.05, 0) is 43.1 Å². The van der Waals surface area contributed by atoms with E-state index in [2.05, 4.69) is 12.1 Å². The van der Waals surface area contributed by atoms with Gasteiger partial charge in [0.05, 0.1) is 6.61 Å². The molecule has 6 heteroatoms. The number of amides is 2. The van der Waals surface area contributed by atoms with Gasteiger partial charge in [-0.3, -0.25) is 9.59 Å². The molecular weight excluding hydrogens is 390 g/mol. The Balaban J connectivity index is 1.51. The molecule has 0 bridgehead atoms. The first-order valence-corrected chi connectivity index (χ1v) is 11.1. The molecule has 2 heterocycles. The number of nitrogens with two attached hydrogens (primary N) is 1. The smallest absolute Gasteiger partial charge is 0.253 e. The van der Waals surface area contributed by atoms with Crippen LogP contribution >= 0.6 is 0 Å². The molecule has 0 aliphatic carbocycles. The number of rotatable bonds is 6. The third-order valence-corrected chi connectivity index (χ3v) is 6.55. The van der Waals surface area contributed by atoms with Crippen LogP contribution in [0.3, 0.4) is 0 Å². The molecule has 2 amide bonds. The second-order valence-corrected chi connectivity index (χ2v) is 8.48. The molecule has 0 radical (unpaired) electrons. The fourth-order valence-corrected chi connectivity index (χ4v) is 5.01. The minimum absolute atomic E-state index is 0.0239. The van der Waals surface area contributed by atoms with Crippen LogP contribution in [0.2, 0.25) is 0 Å². The Kier molecular flexibility index (Phi) is 6.56. The van der Waals surface area contributed by atoms with Gasteiger partial charge in [-0.2, -0.15) is 0 Å². The van der Waals surface area contributed by atoms with E-state index in [1.54, 1.807) is 6.92 Å². The first kappa shape index (κ1) is 21.4. The van der Waals surface area contributed by atoms with Crippen molar-refractivity contribution in [1.82, 2.24) is 9.80 Å². The van der Waals surface area contributed by atoms with Crippen molar-refractivity contribution in [2.45, 2.75) is 31.7 Å². The molecule has 2 aliphatic heterocycles. The van der Waals surface area contributed by atoms with Gasteiger partial charge < -0.3 is 20.3 Å². The highest BCUT2D eigenvalue weighted by molar-refractivity contribution is 5.94. The van der Waals surface area contributed by atoms with Gasteiger partial charge in [0.2, 0.25) is 5.91 Å². The number of ether oxygens (including phenoxy) is 1. The molecule has 2 aromatic rings. The molecule has 2 aliphatic rings. The van der Waals surface area contributed by atoms with E-state index < -0.39 is 0 Å². The Morgan fingerprint density at radius 1 is 1.10 bits per heavy atom. The second-order valence-electron chi connectivity index (χ2n) is 8.48. The zero-order chi connectivity index (χ0) is 21.8. The molecule has 3 atom stereocenters. The lowest BCUT2D eigenvalue weighted by atomic mass is 9.81. The fraction of sp³-hybridized carbons (Fsp3) is 0.440. The summed E-state index contributed by atoms with van der Waals surface area (Å²) in [5.74, 6) is 1.33. The molecule has 4 rings (SSSR count). The zero-order valence-corrected chi connectivity index (χ0v) is 18.1. The first-order valence-electron chi connectivity index (χ1n) is 11.1. The van der Waals surface area contributed by atoms with Crippen molar-refractivity contribution < 1.29 is 14.3 Å². The van der Waals surface area contributed by atoms with E-state index in [0.29, 0.717) is 37.6 Å². The maximum Gasteiger partial charge on any atom is 0.253 e. The van der Waals surface area contributed by atoms with Crippen LogP contribution in [0.5, 0.6) is 5.75 Å². The summed E-state index contributed by atoms with van der Waals surface area (Å²) in [6.45, 7) is 4.81. The second kappa shape index (κ2) is 9.52. The van der Waals surface area contributed by atoms with E-state index in [-0.39, 0.29) is 29.7 Å². The number of carbonyl (C=O) groups excluding carboxylic acids is 2. The van der Waals surface area contributed by atoms with Gasteiger partial charge >= 0.3 is 0 Å². The molecule has 31 heavy (non-hydrogen) atoms. The Bertz CT molecular complexity index is 917. The summed E-state index contributed by atoms with van der Waals surface area (Å²) in [7, 11) is 0. The van der Waals surface area contributed by atoms with Crippen LogP contribution in [0.4, 0.5) is 0 Å². The van der Waals surface area contributed by atoms with Crippen LogP contribution in [0.1, 0.15) is 41.6 Å². The lowest BCUT2D eigenvalue weighted by Crippen LogP contribution is -2.49. The molecule has 2 fully saturated rings. The highest BCUT2D eigenvalue weighted by Crippen LogP contribution is 2.41. The highest BCUT2D eigenvalue weighted by atomic mass is 16.5. The van der Waals surface area contributed by atoms with Gasteiger partial charge in [0.15, 0.2) is 0 Å². The summed E-state index contributed by atoms with van der Waals surface area (Å²) in [6, 6.07) is 17.9. The molecule has 2 N–H and O–H groups in total. The van der Waals surface area contributed by atoms with Crippen LogP contribution < -0.4 is 10.5 Å². The maximum absolute atomic E-state index is 13.3. The van der Waals surface area contributed by atoms with Gasteiger partial charge in [0, 0.05) is 50.0 Å². The Morgan fingerprint density at radius 2 is 1.90 bits per heavy atom. The maximum atomic E-state index is 13.3. The van der Waals surface area contributed by atoms with Crippen LogP contribution in [0, 0.1) is 5.92 Å². The lowest BCUT2D eigenvalue weighted by Gasteiger charge is -2.38. The van der Waals surface area contributed by atoms with Crippen molar-refractivity contribution in [1.29, 1.82) is 0 Å². The van der Waals surface area contributed by atoms with Crippen molar-refractivity contribution >= 4 is 11.8 Å². The molecule has 0 saturated carbocycles. The number of hydrogen-bond donors (Lipinski definition) is 1. The third-order valence-electron chi connectivity index (χ3n) is 6.55. The van der Waals surface area contributed by atoms with Crippen LogP contribution in [0.15, 0.2) is 54.6 Å². The van der Waals surface area contributed by atoms with E-state index in [0.717, 1.165) is 19.4 Å². The van der Waals surface area contributed by atoms with Crippen LogP contribution in [0.25, 0.3) is 0 Å². The summed E-state index contributed by atoms with van der Waals surface area (Å²) in [4.78, 5) is 29.5. The Morgan fingerprint density at radius 3 is 2.65 bits per heavy atom. The Labute approximate surface area is 184 Å². The fourth-order valence-electron chi connectivity index (χ4n) is 5.01. The van der Waals surface area contributed by atoms with Gasteiger partial charge in [-0.15, -0.1) is 0 Å². The number of piperidine rings is 1. The van der Waals surface area contributed by atoms with Crippen molar-refractivity contribution in [2.75, 3.05) is 32.8 Å². The SMILES string of the molecule is CC(=O)N1C[C@H](c2ccccc2)[C@H]2CN(C(=O)c3cccc(OCCCN)c3)CC[C@H]21. The van der Waals surface area contributed by atoms with Crippen molar-refractivity contribution in [3.8, 4) is 5.75 Å². The minimum Gasteiger partial charge on any atom is -0.494 e. The summed E-state index contributed by atoms with van der Waals surface area (Å²) in [5.41, 5.74) is 7.41. The predicted molar refractivity (Wildman–Crippen MR) is 120 cm³/mol. The summed E-state index contributed by atoms with van der Waals surface area (Å²) in [6.07, 6.45) is 1.59. The molecule has 6 nitrogen and oxygen atoms in total. The average Bonchev–Trinajstić information content (AvgIpc) is 3.19. The van der Waals surface area contributed by atoms with Gasteiger partial charge in [0.25, 0.3) is 5.91 Å². The van der Waals surface area contributed by atoms with Crippen molar-refractivity contribution in [3.63, 3.8) is 0 Å². The van der Waals surface area contributed by atoms with E-state index in [9.17, 15) is 9.59 Å². The standard InChI is InChI=1S/C25H31N3O3/c1-18(29)28-17-22(19-7-3-2-4-8-19)23-16-27(13-11-24(23)28)25(30)20-9-5-10-21(15-20)31-14-6-12-26/h2-5,7-10,15,22-24H,6,11-14,16-17,26H2,1H3/t22-,23-,24-/m1/s1. The van der Waals surface area contributed by atoms with E-state index in [1.807, 2.05) is 52.3 Å². The number of fused-ring (bicyclic) bond motifs is 1. The molecule has 2 saturated heterocycles. The molecule has 0 spiro atoms. The topological polar surface area (TPSA) is 75.9 Å². The Hall–Kier alpha value is -2.86. The molecule has 0 unspecified atom stereocenters. The predicted octanol–water partition coefficient (Wildman–Crippen LogP) is 2.89. The zero-order valence-electron chi connectivity index (χ0n) is 18.1. The largest absolute Gasteiger partial charge is 0.494 e. The van der Waals surface area contributed by atoms with Gasteiger partial charge in [0.1, 0.15) is 5.75 Å². The summed E-state index contributed by atoms with van der Waals surface area (Å²) in [5, 5.41) is 0. The van der Waals surface area contributed by atoms with E-state index in [1.165, 1.54) is 5.56 Å². The number of hydrogen-bond acceptors (Lipinski definition) is 4. The molecule has 2 aromatic carbocycles. The van der Waals surface area contributed by atoms with Crippen LogP contribution in [-0.2, 0) is 4.79 Å². The first-order chi connectivity index (χ1) is 15.1. The molecule has 0 aromatic heterocycles. The van der Waals surface area contributed by atoms with E-state index >= 15 is 0 Å². The quantitative estimate of drug-likeness (QED) is 0.728. The summed E-state index contributed by atoms with van der Waals surface area (Å²) < 4.78 is 5.71. The average molecular weight is 422 g/mol. The summed E-state index contributed by atoms with van der Waals surface area (Å²) >= 11 is 0.